The molecule has 4 nitrogen and oxygen atoms in total. The van der Waals surface area contributed by atoms with Gasteiger partial charge < -0.3 is 15.4 Å². The summed E-state index contributed by atoms with van der Waals surface area (Å²) in [6.07, 6.45) is 5.63. The van der Waals surface area contributed by atoms with Crippen molar-refractivity contribution < 1.29 is 9.53 Å². The van der Waals surface area contributed by atoms with E-state index in [9.17, 15) is 4.79 Å². The molecule has 2 aromatic rings. The van der Waals surface area contributed by atoms with Crippen LogP contribution in [0.3, 0.4) is 0 Å². The lowest BCUT2D eigenvalue weighted by molar-refractivity contribution is 0.238. The van der Waals surface area contributed by atoms with Gasteiger partial charge >= 0.3 is 6.03 Å². The van der Waals surface area contributed by atoms with E-state index in [-0.39, 0.29) is 12.1 Å². The largest absolute Gasteiger partial charge is 0.496 e. The first kappa shape index (κ1) is 18.3. The number of hydrogen-bond donors (Lipinski definition) is 2. The zero-order valence-corrected chi connectivity index (χ0v) is 15.7. The summed E-state index contributed by atoms with van der Waals surface area (Å²) in [7, 11) is 1.67. The monoisotopic (exact) mass is 352 g/mol. The van der Waals surface area contributed by atoms with Gasteiger partial charge in [-0.05, 0) is 67.3 Å². The number of para-hydroxylation sites is 1. The lowest BCUT2D eigenvalue weighted by Gasteiger charge is -2.20. The Bertz CT molecular complexity index is 758. The van der Waals surface area contributed by atoms with Crippen LogP contribution in [0.25, 0.3) is 0 Å². The number of carbonyl (C=O) groups excluding carboxylic acids is 1. The average Bonchev–Trinajstić information content (AvgIpc) is 2.68. The molecule has 0 saturated carbocycles. The fourth-order valence-corrected chi connectivity index (χ4v) is 3.57. The molecule has 1 atom stereocenters. The van der Waals surface area contributed by atoms with Crippen molar-refractivity contribution in [1.82, 2.24) is 10.6 Å². The van der Waals surface area contributed by atoms with Gasteiger partial charge in [0, 0.05) is 6.54 Å². The van der Waals surface area contributed by atoms with Crippen molar-refractivity contribution >= 4 is 6.03 Å². The van der Waals surface area contributed by atoms with Crippen molar-refractivity contribution in [2.75, 3.05) is 13.7 Å². The van der Waals surface area contributed by atoms with Crippen LogP contribution in [0.4, 0.5) is 4.79 Å². The predicted octanol–water partition coefficient (Wildman–Crippen LogP) is 4.18. The minimum Gasteiger partial charge on any atom is -0.496 e. The molecule has 2 aromatic carbocycles. The highest BCUT2D eigenvalue weighted by Gasteiger charge is 2.14. The number of amides is 2. The van der Waals surface area contributed by atoms with Crippen molar-refractivity contribution in [1.29, 1.82) is 0 Å². The third-order valence-corrected chi connectivity index (χ3v) is 5.09. The van der Waals surface area contributed by atoms with E-state index in [4.69, 9.17) is 4.74 Å². The van der Waals surface area contributed by atoms with E-state index in [1.54, 1.807) is 7.11 Å². The van der Waals surface area contributed by atoms with Gasteiger partial charge in [0.15, 0.2) is 0 Å². The van der Waals surface area contributed by atoms with Crippen LogP contribution < -0.4 is 15.4 Å². The van der Waals surface area contributed by atoms with Crippen molar-refractivity contribution in [3.05, 3.63) is 64.7 Å². The molecule has 0 fully saturated rings. The number of nitrogens with one attached hydrogen (secondary N) is 2. The second-order valence-corrected chi connectivity index (χ2v) is 6.92. The van der Waals surface area contributed by atoms with Crippen molar-refractivity contribution in [3.8, 4) is 5.75 Å². The van der Waals surface area contributed by atoms with Crippen molar-refractivity contribution in [3.63, 3.8) is 0 Å². The number of ether oxygens (including phenoxy) is 1. The molecule has 2 N–H and O–H groups in total. The lowest BCUT2D eigenvalue weighted by atomic mass is 9.89. The van der Waals surface area contributed by atoms with Crippen LogP contribution >= 0.6 is 0 Å². The summed E-state index contributed by atoms with van der Waals surface area (Å²) in [5.74, 6) is 0.858. The molecule has 26 heavy (non-hydrogen) atoms. The Morgan fingerprint density at radius 3 is 2.69 bits per heavy atom. The Kier molecular flexibility index (Phi) is 6.16. The quantitative estimate of drug-likeness (QED) is 0.819. The van der Waals surface area contributed by atoms with E-state index < -0.39 is 0 Å². The van der Waals surface area contributed by atoms with Crippen molar-refractivity contribution in [2.45, 2.75) is 45.1 Å². The summed E-state index contributed by atoms with van der Waals surface area (Å²) in [5.41, 5.74) is 5.18. The van der Waals surface area contributed by atoms with Crippen molar-refractivity contribution in [2.24, 2.45) is 0 Å². The maximum absolute atomic E-state index is 12.2. The molecule has 1 aliphatic carbocycles. The molecule has 0 heterocycles. The maximum Gasteiger partial charge on any atom is 0.315 e. The molecule has 0 bridgehead atoms. The second kappa shape index (κ2) is 8.75. The summed E-state index contributed by atoms with van der Waals surface area (Å²) < 4.78 is 5.34. The first-order valence-corrected chi connectivity index (χ1v) is 9.45. The van der Waals surface area contributed by atoms with E-state index in [0.717, 1.165) is 24.2 Å². The van der Waals surface area contributed by atoms with Gasteiger partial charge in [-0.25, -0.2) is 4.79 Å². The summed E-state index contributed by atoms with van der Waals surface area (Å²) >= 11 is 0. The molecule has 0 aromatic heterocycles. The third-order valence-electron chi connectivity index (χ3n) is 5.09. The summed E-state index contributed by atoms with van der Waals surface area (Å²) in [6, 6.07) is 14.4. The Morgan fingerprint density at radius 1 is 1.12 bits per heavy atom. The number of urea groups is 1. The van der Waals surface area contributed by atoms with Gasteiger partial charge in [0.2, 0.25) is 0 Å². The molecule has 0 spiro atoms. The fourth-order valence-electron chi connectivity index (χ4n) is 3.57. The SMILES string of the molecule is COc1ccccc1CCNC(=O)NC(C)c1ccc2c(c1)CCCC2. The Labute approximate surface area is 156 Å². The number of hydrogen-bond acceptors (Lipinski definition) is 2. The van der Waals surface area contributed by atoms with Gasteiger partial charge in [0.05, 0.1) is 13.2 Å². The van der Waals surface area contributed by atoms with Gasteiger partial charge in [0.1, 0.15) is 5.75 Å². The molecule has 138 valence electrons. The summed E-state index contributed by atoms with van der Waals surface area (Å²) in [6.45, 7) is 2.60. The topological polar surface area (TPSA) is 50.4 Å². The molecule has 1 aliphatic rings. The summed E-state index contributed by atoms with van der Waals surface area (Å²) in [5, 5.41) is 5.98. The highest BCUT2D eigenvalue weighted by atomic mass is 16.5. The average molecular weight is 352 g/mol. The van der Waals surface area contributed by atoms with Gasteiger partial charge in [-0.1, -0.05) is 36.4 Å². The van der Waals surface area contributed by atoms with E-state index in [1.165, 1.54) is 36.0 Å². The first-order chi connectivity index (χ1) is 12.7. The van der Waals surface area contributed by atoms with E-state index in [1.807, 2.05) is 31.2 Å². The van der Waals surface area contributed by atoms with Crippen LogP contribution in [0.2, 0.25) is 0 Å². The Balaban J connectivity index is 1.50. The Hall–Kier alpha value is -2.49. The van der Waals surface area contributed by atoms with Crippen LogP contribution in [-0.4, -0.2) is 19.7 Å². The van der Waals surface area contributed by atoms with Gasteiger partial charge in [-0.15, -0.1) is 0 Å². The number of fused-ring (bicyclic) bond motifs is 1. The number of carbonyl (C=O) groups is 1. The van der Waals surface area contributed by atoms with Gasteiger partial charge in [0.25, 0.3) is 0 Å². The van der Waals surface area contributed by atoms with Gasteiger partial charge in [-0.2, -0.15) is 0 Å². The third kappa shape index (κ3) is 4.57. The predicted molar refractivity (Wildman–Crippen MR) is 105 cm³/mol. The molecule has 2 amide bonds. The van der Waals surface area contributed by atoms with E-state index >= 15 is 0 Å². The fraction of sp³-hybridized carbons (Fsp3) is 0.409. The number of rotatable bonds is 6. The molecule has 0 aliphatic heterocycles. The van der Waals surface area contributed by atoms with Crippen LogP contribution in [0.5, 0.6) is 5.75 Å². The Morgan fingerprint density at radius 2 is 1.88 bits per heavy atom. The zero-order chi connectivity index (χ0) is 18.4. The molecular weight excluding hydrogens is 324 g/mol. The minimum atomic E-state index is -0.134. The highest BCUT2D eigenvalue weighted by molar-refractivity contribution is 5.74. The van der Waals surface area contributed by atoms with Crippen LogP contribution in [0, 0.1) is 0 Å². The molecule has 4 heteroatoms. The van der Waals surface area contributed by atoms with Crippen LogP contribution in [-0.2, 0) is 19.3 Å². The van der Waals surface area contributed by atoms with Crippen LogP contribution in [0.1, 0.15) is 48.1 Å². The molecule has 3 rings (SSSR count). The normalized spacial score (nSPS) is 14.2. The van der Waals surface area contributed by atoms with E-state index in [0.29, 0.717) is 6.54 Å². The second-order valence-electron chi connectivity index (χ2n) is 6.92. The molecular formula is C22H28N2O2. The zero-order valence-electron chi connectivity index (χ0n) is 15.7. The lowest BCUT2D eigenvalue weighted by Crippen LogP contribution is -2.38. The smallest absolute Gasteiger partial charge is 0.315 e. The molecule has 0 radical (unpaired) electrons. The number of aryl methyl sites for hydroxylation is 2. The highest BCUT2D eigenvalue weighted by Crippen LogP contribution is 2.24. The number of methoxy groups -OCH3 is 1. The molecule has 0 saturated heterocycles. The first-order valence-electron chi connectivity index (χ1n) is 9.45. The molecule has 1 unspecified atom stereocenters. The maximum atomic E-state index is 12.2. The van der Waals surface area contributed by atoms with E-state index in [2.05, 4.69) is 28.8 Å². The number of benzene rings is 2. The minimum absolute atomic E-state index is 0.00603. The van der Waals surface area contributed by atoms with Crippen LogP contribution in [0.15, 0.2) is 42.5 Å². The summed E-state index contributed by atoms with van der Waals surface area (Å²) in [4.78, 5) is 12.2. The standard InChI is InChI=1S/C22H28N2O2/c1-16(19-12-11-17-7-3-4-9-20(17)15-19)24-22(25)23-14-13-18-8-5-6-10-21(18)26-2/h5-6,8,10-12,15-16H,3-4,7,9,13-14H2,1-2H3,(H2,23,24,25). The van der Waals surface area contributed by atoms with Gasteiger partial charge in [-0.3, -0.25) is 0 Å².